The SMILES string of the molecule is Cc1ccc[n+](CCCCCCCCCCCCc2ccc[n+](C)c2)c1. The van der Waals surface area contributed by atoms with Crippen molar-refractivity contribution in [3.63, 3.8) is 0 Å². The zero-order chi connectivity index (χ0) is 18.5. The van der Waals surface area contributed by atoms with Gasteiger partial charge in [0.2, 0.25) is 0 Å². The summed E-state index contributed by atoms with van der Waals surface area (Å²) in [5.74, 6) is 0. The molecule has 142 valence electrons. The Balaban J connectivity index is 1.36. The fourth-order valence-corrected chi connectivity index (χ4v) is 3.63. The van der Waals surface area contributed by atoms with Crippen molar-refractivity contribution in [3.05, 3.63) is 60.2 Å². The second-order valence-corrected chi connectivity index (χ2v) is 7.78. The Hall–Kier alpha value is -1.70. The molecule has 0 atom stereocenters. The first kappa shape index (κ1) is 20.6. The van der Waals surface area contributed by atoms with E-state index in [1.807, 2.05) is 0 Å². The second kappa shape index (κ2) is 12.6. The van der Waals surface area contributed by atoms with Crippen LogP contribution in [-0.4, -0.2) is 0 Å². The molecule has 0 aliphatic rings. The van der Waals surface area contributed by atoms with Gasteiger partial charge < -0.3 is 0 Å². The van der Waals surface area contributed by atoms with E-state index >= 15 is 0 Å². The Morgan fingerprint density at radius 3 is 1.96 bits per heavy atom. The van der Waals surface area contributed by atoms with E-state index in [4.69, 9.17) is 0 Å². The minimum absolute atomic E-state index is 1.17. The molecule has 2 heteroatoms. The van der Waals surface area contributed by atoms with E-state index in [0.29, 0.717) is 0 Å². The number of hydrogen-bond donors (Lipinski definition) is 0. The van der Waals surface area contributed by atoms with Crippen LogP contribution in [0.3, 0.4) is 0 Å². The van der Waals surface area contributed by atoms with E-state index in [-0.39, 0.29) is 0 Å². The molecule has 2 aromatic rings. The van der Waals surface area contributed by atoms with Crippen molar-refractivity contribution in [2.45, 2.75) is 84.1 Å². The molecule has 0 amide bonds. The summed E-state index contributed by atoms with van der Waals surface area (Å²) in [7, 11) is 2.10. The second-order valence-electron chi connectivity index (χ2n) is 7.78. The van der Waals surface area contributed by atoms with E-state index in [9.17, 15) is 0 Å². The van der Waals surface area contributed by atoms with Gasteiger partial charge in [-0.2, -0.15) is 0 Å². The average Bonchev–Trinajstić information content (AvgIpc) is 2.63. The Kier molecular flexibility index (Phi) is 10.0. The molecule has 0 fully saturated rings. The van der Waals surface area contributed by atoms with Crippen molar-refractivity contribution >= 4 is 0 Å². The van der Waals surface area contributed by atoms with E-state index in [0.717, 1.165) is 0 Å². The highest BCUT2D eigenvalue weighted by molar-refractivity contribution is 5.05. The van der Waals surface area contributed by atoms with Crippen LogP contribution in [0.5, 0.6) is 0 Å². The van der Waals surface area contributed by atoms with E-state index in [1.54, 1.807) is 0 Å². The number of unbranched alkanes of at least 4 members (excludes halogenated alkanes) is 9. The summed E-state index contributed by atoms with van der Waals surface area (Å²) < 4.78 is 4.47. The number of aromatic nitrogens is 2. The van der Waals surface area contributed by atoms with E-state index < -0.39 is 0 Å². The van der Waals surface area contributed by atoms with Crippen molar-refractivity contribution in [1.29, 1.82) is 0 Å². The molecule has 2 heterocycles. The predicted molar refractivity (Wildman–Crippen MR) is 109 cm³/mol. The van der Waals surface area contributed by atoms with Gasteiger partial charge in [-0.3, -0.25) is 0 Å². The molecule has 0 aromatic carbocycles. The monoisotopic (exact) mass is 354 g/mol. The molecule has 0 bridgehead atoms. The van der Waals surface area contributed by atoms with Crippen LogP contribution >= 0.6 is 0 Å². The maximum atomic E-state index is 2.32. The molecular formula is C24H38N2+2. The van der Waals surface area contributed by atoms with Gasteiger partial charge in [0, 0.05) is 29.7 Å². The molecule has 2 aromatic heterocycles. The van der Waals surface area contributed by atoms with Crippen molar-refractivity contribution in [2.75, 3.05) is 0 Å². The minimum atomic E-state index is 1.17. The third-order valence-corrected chi connectivity index (χ3v) is 5.14. The van der Waals surface area contributed by atoms with Crippen LogP contribution in [0.25, 0.3) is 0 Å². The molecule has 2 rings (SSSR count). The Morgan fingerprint density at radius 1 is 0.692 bits per heavy atom. The standard InChI is InChI=1S/C24H38N2/c1-23-15-13-20-26(21-23)19-12-10-8-6-4-3-5-7-9-11-16-24-17-14-18-25(2)22-24/h13-15,17-18,20-22H,3-12,16,19H2,1-2H3/q+2. The normalized spacial score (nSPS) is 11.0. The lowest BCUT2D eigenvalue weighted by Crippen LogP contribution is -2.32. The largest absolute Gasteiger partial charge is 0.208 e. The summed E-state index contributed by atoms with van der Waals surface area (Å²) in [6.07, 6.45) is 23.9. The van der Waals surface area contributed by atoms with Crippen LogP contribution in [0.15, 0.2) is 49.1 Å². The third kappa shape index (κ3) is 9.12. The Labute approximate surface area is 160 Å². The van der Waals surface area contributed by atoms with Gasteiger partial charge in [-0.25, -0.2) is 9.13 Å². The number of hydrogen-bond acceptors (Lipinski definition) is 0. The number of nitrogens with zero attached hydrogens (tertiary/aromatic N) is 2. The van der Waals surface area contributed by atoms with Gasteiger partial charge in [-0.05, 0) is 38.3 Å². The first-order chi connectivity index (χ1) is 12.7. The predicted octanol–water partition coefficient (Wildman–Crippen LogP) is 5.25. The first-order valence-electron chi connectivity index (χ1n) is 10.6. The van der Waals surface area contributed by atoms with Crippen LogP contribution in [-0.2, 0) is 20.0 Å². The molecule has 0 N–H and O–H groups in total. The maximum Gasteiger partial charge on any atom is 0.171 e. The highest BCUT2D eigenvalue weighted by Gasteiger charge is 2.01. The molecule has 2 nitrogen and oxygen atoms in total. The quantitative estimate of drug-likeness (QED) is 0.343. The summed E-state index contributed by atoms with van der Waals surface area (Å²) >= 11 is 0. The van der Waals surface area contributed by atoms with Gasteiger partial charge in [0.05, 0.1) is 0 Å². The number of rotatable bonds is 13. The maximum absolute atomic E-state index is 2.32. The highest BCUT2D eigenvalue weighted by Crippen LogP contribution is 2.12. The molecule has 0 aliphatic carbocycles. The highest BCUT2D eigenvalue weighted by atomic mass is 14.9. The zero-order valence-corrected chi connectivity index (χ0v) is 17.0. The lowest BCUT2D eigenvalue weighted by molar-refractivity contribution is -0.697. The summed E-state index contributed by atoms with van der Waals surface area (Å²) in [5.41, 5.74) is 2.82. The smallest absolute Gasteiger partial charge is 0.171 e. The lowest BCUT2D eigenvalue weighted by atomic mass is 10.0. The molecular weight excluding hydrogens is 316 g/mol. The van der Waals surface area contributed by atoms with Gasteiger partial charge >= 0.3 is 0 Å². The molecule has 0 spiro atoms. The molecule has 26 heavy (non-hydrogen) atoms. The fraction of sp³-hybridized carbons (Fsp3) is 0.583. The summed E-state index contributed by atoms with van der Waals surface area (Å²) in [6.45, 7) is 3.33. The zero-order valence-electron chi connectivity index (χ0n) is 17.0. The Morgan fingerprint density at radius 2 is 1.31 bits per heavy atom. The molecule has 0 aliphatic heterocycles. The van der Waals surface area contributed by atoms with Crippen LogP contribution in [0, 0.1) is 6.92 Å². The van der Waals surface area contributed by atoms with E-state index in [2.05, 4.69) is 72.2 Å². The lowest BCUT2D eigenvalue weighted by Gasteiger charge is -2.03. The van der Waals surface area contributed by atoms with Crippen molar-refractivity contribution in [1.82, 2.24) is 0 Å². The van der Waals surface area contributed by atoms with Crippen LogP contribution in [0.2, 0.25) is 0 Å². The van der Waals surface area contributed by atoms with Crippen LogP contribution in [0.1, 0.15) is 75.3 Å². The van der Waals surface area contributed by atoms with Gasteiger partial charge in [-0.1, -0.05) is 44.9 Å². The average molecular weight is 355 g/mol. The van der Waals surface area contributed by atoms with Gasteiger partial charge in [-0.15, -0.1) is 0 Å². The molecule has 0 radical (unpaired) electrons. The Bertz CT molecular complexity index is 566. The van der Waals surface area contributed by atoms with Gasteiger partial charge in [0.25, 0.3) is 0 Å². The molecule has 0 unspecified atom stereocenters. The van der Waals surface area contributed by atoms with Crippen molar-refractivity contribution in [2.24, 2.45) is 7.05 Å². The summed E-state index contributed by atoms with van der Waals surface area (Å²) in [5, 5.41) is 0. The van der Waals surface area contributed by atoms with Crippen molar-refractivity contribution in [3.8, 4) is 0 Å². The van der Waals surface area contributed by atoms with Gasteiger partial charge in [0.15, 0.2) is 24.8 Å². The summed E-state index contributed by atoms with van der Waals surface area (Å²) in [6, 6.07) is 8.71. The van der Waals surface area contributed by atoms with Crippen LogP contribution < -0.4 is 9.13 Å². The molecule has 0 saturated carbocycles. The van der Waals surface area contributed by atoms with Gasteiger partial charge in [0.1, 0.15) is 13.6 Å². The van der Waals surface area contributed by atoms with Crippen LogP contribution in [0.4, 0.5) is 0 Å². The summed E-state index contributed by atoms with van der Waals surface area (Å²) in [4.78, 5) is 0. The fourth-order valence-electron chi connectivity index (χ4n) is 3.63. The number of aryl methyl sites for hydroxylation is 4. The minimum Gasteiger partial charge on any atom is -0.208 e. The number of pyridine rings is 2. The third-order valence-electron chi connectivity index (χ3n) is 5.14. The topological polar surface area (TPSA) is 7.76 Å². The molecule has 0 saturated heterocycles. The van der Waals surface area contributed by atoms with E-state index in [1.165, 1.54) is 88.3 Å². The first-order valence-corrected chi connectivity index (χ1v) is 10.6. The van der Waals surface area contributed by atoms with Crippen molar-refractivity contribution < 1.29 is 9.13 Å².